The normalized spacial score (nSPS) is 27.0. The number of carbonyl (C=O) groups is 1. The molecule has 0 bridgehead atoms. The summed E-state index contributed by atoms with van der Waals surface area (Å²) in [6, 6.07) is 10.5. The van der Waals surface area contributed by atoms with Gasteiger partial charge in [-0.05, 0) is 5.56 Å². The van der Waals surface area contributed by atoms with Gasteiger partial charge in [0.25, 0.3) is 0 Å². The lowest BCUT2D eigenvalue weighted by molar-refractivity contribution is -0.130. The third-order valence-electron chi connectivity index (χ3n) is 3.28. The summed E-state index contributed by atoms with van der Waals surface area (Å²) >= 11 is 0. The number of Topliss-reactive ketones (excluding diaryl/α,β-unsaturated/α-hetero) is 1. The van der Waals surface area contributed by atoms with Gasteiger partial charge >= 0.3 is 0 Å². The van der Waals surface area contributed by atoms with Gasteiger partial charge in [0.2, 0.25) is 0 Å². The van der Waals surface area contributed by atoms with E-state index in [2.05, 4.69) is 29.2 Å². The number of rotatable bonds is 2. The molecule has 1 aliphatic rings. The summed E-state index contributed by atoms with van der Waals surface area (Å²) in [6.07, 6.45) is 0. The number of ketones is 1. The molecule has 0 unspecified atom stereocenters. The molecule has 0 radical (unpaired) electrons. The number of benzene rings is 1. The molecule has 0 N–H and O–H groups in total. The number of nitrogens with zero attached hydrogens (tertiary/aromatic N) is 1. The Labute approximate surface area is 97.3 Å². The standard InChI is InChI=1S/C14H19NO/c1-11-8-15(9-12(2)14(11)16)10-13-6-4-3-5-7-13/h3-7,11-12H,8-10H2,1-2H3/t11-,12-/m0/s1. The van der Waals surface area contributed by atoms with Gasteiger partial charge in [0, 0.05) is 31.5 Å². The molecule has 2 heteroatoms. The largest absolute Gasteiger partial charge is 0.299 e. The van der Waals surface area contributed by atoms with Crippen molar-refractivity contribution in [1.29, 1.82) is 0 Å². The molecule has 1 fully saturated rings. The molecule has 1 heterocycles. The first-order valence-electron chi connectivity index (χ1n) is 5.97. The third-order valence-corrected chi connectivity index (χ3v) is 3.28. The maximum atomic E-state index is 11.7. The number of likely N-dealkylation sites (tertiary alicyclic amines) is 1. The van der Waals surface area contributed by atoms with Crippen molar-refractivity contribution in [3.05, 3.63) is 35.9 Å². The van der Waals surface area contributed by atoms with E-state index in [0.717, 1.165) is 19.6 Å². The molecule has 2 nitrogen and oxygen atoms in total. The molecule has 0 spiro atoms. The summed E-state index contributed by atoms with van der Waals surface area (Å²) in [5.41, 5.74) is 1.33. The van der Waals surface area contributed by atoms with E-state index in [-0.39, 0.29) is 11.8 Å². The van der Waals surface area contributed by atoms with E-state index in [0.29, 0.717) is 5.78 Å². The van der Waals surface area contributed by atoms with Crippen LogP contribution in [0.5, 0.6) is 0 Å². The summed E-state index contributed by atoms with van der Waals surface area (Å²) in [5.74, 6) is 0.796. The van der Waals surface area contributed by atoms with E-state index in [9.17, 15) is 4.79 Å². The van der Waals surface area contributed by atoms with Crippen LogP contribution in [-0.4, -0.2) is 23.8 Å². The molecular weight excluding hydrogens is 198 g/mol. The lowest BCUT2D eigenvalue weighted by atomic mass is 9.90. The zero-order chi connectivity index (χ0) is 11.5. The van der Waals surface area contributed by atoms with Crippen LogP contribution in [-0.2, 0) is 11.3 Å². The Morgan fingerprint density at radius 1 is 1.12 bits per heavy atom. The topological polar surface area (TPSA) is 20.3 Å². The second kappa shape index (κ2) is 4.79. The van der Waals surface area contributed by atoms with Crippen molar-refractivity contribution in [2.24, 2.45) is 11.8 Å². The minimum Gasteiger partial charge on any atom is -0.299 e. The minimum absolute atomic E-state index is 0.187. The first-order chi connectivity index (χ1) is 7.66. The fourth-order valence-electron chi connectivity index (χ4n) is 2.49. The van der Waals surface area contributed by atoms with Crippen LogP contribution in [0.15, 0.2) is 30.3 Å². The fourth-order valence-corrected chi connectivity index (χ4v) is 2.49. The fraction of sp³-hybridized carbons (Fsp3) is 0.500. The maximum Gasteiger partial charge on any atom is 0.141 e. The Bertz CT molecular complexity index is 346. The Morgan fingerprint density at radius 3 is 2.25 bits per heavy atom. The Morgan fingerprint density at radius 2 is 1.69 bits per heavy atom. The van der Waals surface area contributed by atoms with E-state index in [4.69, 9.17) is 0 Å². The molecule has 2 atom stereocenters. The van der Waals surface area contributed by atoms with Crippen molar-refractivity contribution in [2.75, 3.05) is 13.1 Å². The van der Waals surface area contributed by atoms with Gasteiger partial charge in [-0.3, -0.25) is 9.69 Å². The van der Waals surface area contributed by atoms with Gasteiger partial charge in [-0.1, -0.05) is 44.2 Å². The summed E-state index contributed by atoms with van der Waals surface area (Å²) in [7, 11) is 0. The van der Waals surface area contributed by atoms with Crippen molar-refractivity contribution in [3.63, 3.8) is 0 Å². The third kappa shape index (κ3) is 2.50. The average molecular weight is 217 g/mol. The number of hydrogen-bond donors (Lipinski definition) is 0. The molecule has 1 aromatic rings. The van der Waals surface area contributed by atoms with Crippen LogP contribution < -0.4 is 0 Å². The van der Waals surface area contributed by atoms with Crippen LogP contribution in [0.4, 0.5) is 0 Å². The van der Waals surface area contributed by atoms with E-state index in [1.165, 1.54) is 5.56 Å². The molecule has 0 amide bonds. The second-order valence-electron chi connectivity index (χ2n) is 4.88. The van der Waals surface area contributed by atoms with Crippen LogP contribution >= 0.6 is 0 Å². The quantitative estimate of drug-likeness (QED) is 0.758. The van der Waals surface area contributed by atoms with E-state index in [1.54, 1.807) is 0 Å². The van der Waals surface area contributed by atoms with Crippen molar-refractivity contribution in [2.45, 2.75) is 20.4 Å². The number of hydrogen-bond acceptors (Lipinski definition) is 2. The second-order valence-corrected chi connectivity index (χ2v) is 4.88. The Kier molecular flexibility index (Phi) is 3.39. The molecule has 86 valence electrons. The summed E-state index contributed by atoms with van der Waals surface area (Å²) in [5, 5.41) is 0. The zero-order valence-electron chi connectivity index (χ0n) is 10.0. The van der Waals surface area contributed by atoms with Crippen molar-refractivity contribution in [3.8, 4) is 0 Å². The van der Waals surface area contributed by atoms with Gasteiger partial charge < -0.3 is 0 Å². The van der Waals surface area contributed by atoms with Crippen LogP contribution in [0.2, 0.25) is 0 Å². The summed E-state index contributed by atoms with van der Waals surface area (Å²) < 4.78 is 0. The molecule has 16 heavy (non-hydrogen) atoms. The molecule has 0 aliphatic carbocycles. The van der Waals surface area contributed by atoms with Crippen molar-refractivity contribution < 1.29 is 4.79 Å². The first kappa shape index (κ1) is 11.3. The van der Waals surface area contributed by atoms with Gasteiger partial charge in [0.15, 0.2) is 0 Å². The molecule has 0 saturated carbocycles. The molecule has 0 aromatic heterocycles. The highest BCUT2D eigenvalue weighted by molar-refractivity contribution is 5.83. The van der Waals surface area contributed by atoms with Gasteiger partial charge in [-0.25, -0.2) is 0 Å². The van der Waals surface area contributed by atoms with Gasteiger partial charge in [-0.2, -0.15) is 0 Å². The van der Waals surface area contributed by atoms with Crippen molar-refractivity contribution >= 4 is 5.78 Å². The van der Waals surface area contributed by atoms with Crippen LogP contribution in [0.1, 0.15) is 19.4 Å². The van der Waals surface area contributed by atoms with Crippen LogP contribution in [0.25, 0.3) is 0 Å². The molecule has 2 rings (SSSR count). The minimum atomic E-state index is 0.187. The number of carbonyl (C=O) groups excluding carboxylic acids is 1. The van der Waals surface area contributed by atoms with E-state index < -0.39 is 0 Å². The van der Waals surface area contributed by atoms with E-state index >= 15 is 0 Å². The van der Waals surface area contributed by atoms with Gasteiger partial charge in [0.1, 0.15) is 5.78 Å². The van der Waals surface area contributed by atoms with Crippen LogP contribution in [0.3, 0.4) is 0 Å². The van der Waals surface area contributed by atoms with Crippen LogP contribution in [0, 0.1) is 11.8 Å². The van der Waals surface area contributed by atoms with Gasteiger partial charge in [0.05, 0.1) is 0 Å². The van der Waals surface area contributed by atoms with Gasteiger partial charge in [-0.15, -0.1) is 0 Å². The molecule has 1 aliphatic heterocycles. The summed E-state index contributed by atoms with van der Waals surface area (Å²) in [6.45, 7) is 6.84. The summed E-state index contributed by atoms with van der Waals surface area (Å²) in [4.78, 5) is 14.1. The van der Waals surface area contributed by atoms with Crippen molar-refractivity contribution in [1.82, 2.24) is 4.90 Å². The predicted molar refractivity (Wildman–Crippen MR) is 65.1 cm³/mol. The average Bonchev–Trinajstić information content (AvgIpc) is 2.27. The maximum absolute atomic E-state index is 11.7. The zero-order valence-corrected chi connectivity index (χ0v) is 10.0. The Balaban J connectivity index is 1.99. The molecular formula is C14H19NO. The number of piperidine rings is 1. The predicted octanol–water partition coefficient (Wildman–Crippen LogP) is 2.34. The molecule has 1 saturated heterocycles. The van der Waals surface area contributed by atoms with E-state index in [1.807, 2.05) is 19.9 Å². The Hall–Kier alpha value is -1.15. The lowest BCUT2D eigenvalue weighted by Crippen LogP contribution is -2.44. The SMILES string of the molecule is C[C@H]1CN(Cc2ccccc2)C[C@H](C)C1=O. The smallest absolute Gasteiger partial charge is 0.141 e. The molecule has 1 aromatic carbocycles. The highest BCUT2D eigenvalue weighted by Crippen LogP contribution is 2.19. The lowest BCUT2D eigenvalue weighted by Gasteiger charge is -2.33. The monoisotopic (exact) mass is 217 g/mol. The highest BCUT2D eigenvalue weighted by atomic mass is 16.1. The highest BCUT2D eigenvalue weighted by Gasteiger charge is 2.29. The first-order valence-corrected chi connectivity index (χ1v) is 5.97.